The fourth-order valence-corrected chi connectivity index (χ4v) is 1.83. The highest BCUT2D eigenvalue weighted by Gasteiger charge is 2.02. The van der Waals surface area contributed by atoms with Crippen LogP contribution in [0.2, 0.25) is 0 Å². The third-order valence-electron chi connectivity index (χ3n) is 2.91. The van der Waals surface area contributed by atoms with Crippen LogP contribution in [0.1, 0.15) is 11.3 Å². The van der Waals surface area contributed by atoms with E-state index in [0.717, 1.165) is 11.3 Å². The lowest BCUT2D eigenvalue weighted by atomic mass is 10.2. The van der Waals surface area contributed by atoms with Gasteiger partial charge in [0.2, 0.25) is 11.8 Å². The van der Waals surface area contributed by atoms with Crippen molar-refractivity contribution in [1.82, 2.24) is 15.6 Å². The molecule has 0 aliphatic carbocycles. The van der Waals surface area contributed by atoms with Crippen LogP contribution in [0.25, 0.3) is 0 Å². The molecule has 0 spiro atoms. The zero-order valence-corrected chi connectivity index (χ0v) is 12.0. The van der Waals surface area contributed by atoms with Crippen LogP contribution in [0.4, 0.5) is 0 Å². The highest BCUT2D eigenvalue weighted by Crippen LogP contribution is 2.05. The smallest absolute Gasteiger partial charge is 0.234 e. The van der Waals surface area contributed by atoms with Gasteiger partial charge >= 0.3 is 0 Å². The summed E-state index contributed by atoms with van der Waals surface area (Å²) in [5.41, 5.74) is 1.92. The Morgan fingerprint density at radius 2 is 1.90 bits per heavy atom. The van der Waals surface area contributed by atoms with E-state index in [1.165, 1.54) is 0 Å². The molecule has 0 bridgehead atoms. The fraction of sp³-hybridized carbons (Fsp3) is 0.250. The second kappa shape index (κ2) is 8.01. The van der Waals surface area contributed by atoms with Gasteiger partial charge in [-0.2, -0.15) is 0 Å². The van der Waals surface area contributed by atoms with Gasteiger partial charge in [0.1, 0.15) is 0 Å². The third kappa shape index (κ3) is 5.24. The van der Waals surface area contributed by atoms with Crippen molar-refractivity contribution >= 4 is 5.91 Å². The first-order valence-electron chi connectivity index (χ1n) is 6.79. The largest absolute Gasteiger partial charge is 0.481 e. The summed E-state index contributed by atoms with van der Waals surface area (Å²) in [6.45, 7) is 1.32. The molecule has 5 nitrogen and oxygen atoms in total. The van der Waals surface area contributed by atoms with Crippen LogP contribution in [0, 0.1) is 0 Å². The van der Waals surface area contributed by atoms with Gasteiger partial charge in [0.15, 0.2) is 0 Å². The van der Waals surface area contributed by atoms with Crippen LogP contribution in [-0.4, -0.2) is 24.5 Å². The van der Waals surface area contributed by atoms with Gasteiger partial charge in [-0.05, 0) is 11.6 Å². The second-order valence-electron chi connectivity index (χ2n) is 4.54. The standard InChI is InChI=1S/C16H19N3O2/c1-21-16-9-5-8-14(19-16)11-17-12-15(20)18-10-13-6-3-2-4-7-13/h2-9,17H,10-12H2,1H3,(H,18,20). The average Bonchev–Trinajstić information content (AvgIpc) is 2.54. The molecule has 0 aliphatic heterocycles. The number of methoxy groups -OCH3 is 1. The molecule has 5 heteroatoms. The summed E-state index contributed by atoms with van der Waals surface area (Å²) in [6, 6.07) is 15.4. The number of benzene rings is 1. The van der Waals surface area contributed by atoms with E-state index >= 15 is 0 Å². The van der Waals surface area contributed by atoms with Crippen molar-refractivity contribution in [1.29, 1.82) is 0 Å². The highest BCUT2D eigenvalue weighted by atomic mass is 16.5. The van der Waals surface area contributed by atoms with E-state index in [4.69, 9.17) is 4.74 Å². The number of rotatable bonds is 7. The van der Waals surface area contributed by atoms with E-state index in [1.54, 1.807) is 13.2 Å². The first-order chi connectivity index (χ1) is 10.3. The van der Waals surface area contributed by atoms with Crippen LogP contribution in [0.5, 0.6) is 5.88 Å². The monoisotopic (exact) mass is 285 g/mol. The molecule has 2 N–H and O–H groups in total. The maximum atomic E-state index is 11.7. The minimum absolute atomic E-state index is 0.0400. The summed E-state index contributed by atoms with van der Waals surface area (Å²) in [4.78, 5) is 16.0. The molecule has 0 fully saturated rings. The summed E-state index contributed by atoms with van der Waals surface area (Å²) >= 11 is 0. The van der Waals surface area contributed by atoms with Gasteiger partial charge in [-0.15, -0.1) is 0 Å². The number of ether oxygens (including phenoxy) is 1. The van der Waals surface area contributed by atoms with Gasteiger partial charge < -0.3 is 15.4 Å². The zero-order valence-electron chi connectivity index (χ0n) is 12.0. The van der Waals surface area contributed by atoms with E-state index < -0.39 is 0 Å². The Morgan fingerprint density at radius 3 is 2.67 bits per heavy atom. The maximum Gasteiger partial charge on any atom is 0.234 e. The summed E-state index contributed by atoms with van der Waals surface area (Å²) in [7, 11) is 1.58. The number of hydrogen-bond donors (Lipinski definition) is 2. The molecular weight excluding hydrogens is 266 g/mol. The van der Waals surface area contributed by atoms with Gasteiger partial charge in [-0.1, -0.05) is 36.4 Å². The molecule has 0 atom stereocenters. The van der Waals surface area contributed by atoms with Gasteiger partial charge in [-0.3, -0.25) is 4.79 Å². The molecule has 0 aliphatic rings. The Balaban J connectivity index is 1.69. The molecule has 0 unspecified atom stereocenters. The molecule has 1 heterocycles. The van der Waals surface area contributed by atoms with E-state index in [9.17, 15) is 4.79 Å². The molecule has 0 saturated carbocycles. The summed E-state index contributed by atoms with van der Waals surface area (Å²) < 4.78 is 5.05. The second-order valence-corrected chi connectivity index (χ2v) is 4.54. The normalized spacial score (nSPS) is 10.1. The summed E-state index contributed by atoms with van der Waals surface area (Å²) in [5, 5.41) is 5.92. The predicted molar refractivity (Wildman–Crippen MR) is 80.8 cm³/mol. The van der Waals surface area contributed by atoms with Crippen LogP contribution >= 0.6 is 0 Å². The Labute approximate surface area is 124 Å². The van der Waals surface area contributed by atoms with E-state index in [-0.39, 0.29) is 12.5 Å². The van der Waals surface area contributed by atoms with Crippen molar-refractivity contribution in [3.63, 3.8) is 0 Å². The highest BCUT2D eigenvalue weighted by molar-refractivity contribution is 5.77. The van der Waals surface area contributed by atoms with Crippen molar-refractivity contribution in [2.75, 3.05) is 13.7 Å². The Kier molecular flexibility index (Phi) is 5.72. The molecule has 21 heavy (non-hydrogen) atoms. The van der Waals surface area contributed by atoms with Crippen LogP contribution in [0.15, 0.2) is 48.5 Å². The minimum atomic E-state index is -0.0400. The topological polar surface area (TPSA) is 63.2 Å². The summed E-state index contributed by atoms with van der Waals surface area (Å²) in [6.07, 6.45) is 0. The van der Waals surface area contributed by atoms with Crippen molar-refractivity contribution < 1.29 is 9.53 Å². The molecular formula is C16H19N3O2. The zero-order chi connectivity index (χ0) is 14.9. The Hall–Kier alpha value is -2.40. The molecule has 1 aromatic heterocycles. The number of nitrogens with zero attached hydrogens (tertiary/aromatic N) is 1. The number of aromatic nitrogens is 1. The van der Waals surface area contributed by atoms with Crippen LogP contribution < -0.4 is 15.4 Å². The van der Waals surface area contributed by atoms with Gasteiger partial charge in [0.05, 0.1) is 19.3 Å². The first kappa shape index (κ1) is 15.0. The van der Waals surface area contributed by atoms with Crippen molar-refractivity contribution in [2.45, 2.75) is 13.1 Å². The number of pyridine rings is 1. The quantitative estimate of drug-likeness (QED) is 0.809. The van der Waals surface area contributed by atoms with E-state index in [1.807, 2.05) is 42.5 Å². The minimum Gasteiger partial charge on any atom is -0.481 e. The molecule has 0 radical (unpaired) electrons. The summed E-state index contributed by atoms with van der Waals surface area (Å²) in [5.74, 6) is 0.532. The lowest BCUT2D eigenvalue weighted by molar-refractivity contribution is -0.120. The van der Waals surface area contributed by atoms with Crippen molar-refractivity contribution in [2.24, 2.45) is 0 Å². The third-order valence-corrected chi connectivity index (χ3v) is 2.91. The van der Waals surface area contributed by atoms with Crippen molar-refractivity contribution in [3.05, 3.63) is 59.8 Å². The van der Waals surface area contributed by atoms with Crippen molar-refractivity contribution in [3.8, 4) is 5.88 Å². The first-order valence-corrected chi connectivity index (χ1v) is 6.79. The van der Waals surface area contributed by atoms with Crippen LogP contribution in [-0.2, 0) is 17.9 Å². The predicted octanol–water partition coefficient (Wildman–Crippen LogP) is 1.50. The molecule has 2 rings (SSSR count). The number of nitrogens with one attached hydrogen (secondary N) is 2. The Morgan fingerprint density at radius 1 is 1.10 bits per heavy atom. The lowest BCUT2D eigenvalue weighted by Gasteiger charge is -2.07. The van der Waals surface area contributed by atoms with E-state index in [2.05, 4.69) is 15.6 Å². The molecule has 2 aromatic rings. The number of hydrogen-bond acceptors (Lipinski definition) is 4. The SMILES string of the molecule is COc1cccc(CNCC(=O)NCc2ccccc2)n1. The lowest BCUT2D eigenvalue weighted by Crippen LogP contribution is -2.33. The van der Waals surface area contributed by atoms with Gasteiger partial charge in [-0.25, -0.2) is 4.98 Å². The molecule has 110 valence electrons. The number of carbonyl (C=O) groups is 1. The van der Waals surface area contributed by atoms with E-state index in [0.29, 0.717) is 19.0 Å². The fourth-order valence-electron chi connectivity index (χ4n) is 1.83. The molecule has 0 saturated heterocycles. The van der Waals surface area contributed by atoms with Gasteiger partial charge in [0.25, 0.3) is 0 Å². The maximum absolute atomic E-state index is 11.7. The Bertz CT molecular complexity index is 573. The number of carbonyl (C=O) groups excluding carboxylic acids is 1. The molecule has 1 aromatic carbocycles. The average molecular weight is 285 g/mol. The molecule has 1 amide bonds. The number of amides is 1. The van der Waals surface area contributed by atoms with Gasteiger partial charge in [0, 0.05) is 19.2 Å². The van der Waals surface area contributed by atoms with Crippen LogP contribution in [0.3, 0.4) is 0 Å².